The zero-order valence-electron chi connectivity index (χ0n) is 15.7. The average molecular weight is 422 g/mol. The lowest BCUT2D eigenvalue weighted by atomic mass is 10.1. The van der Waals surface area contributed by atoms with Crippen LogP contribution in [0.15, 0.2) is 47.4 Å². The monoisotopic (exact) mass is 421 g/mol. The molecule has 0 saturated heterocycles. The average Bonchev–Trinajstić information content (AvgIpc) is 3.11. The molecule has 0 aliphatic rings. The van der Waals surface area contributed by atoms with E-state index in [1.807, 2.05) is 31.3 Å². The van der Waals surface area contributed by atoms with E-state index in [1.54, 1.807) is 29.5 Å². The number of nitrogens with zero attached hydrogens (tertiary/aromatic N) is 1. The van der Waals surface area contributed by atoms with Gasteiger partial charge in [0.25, 0.3) is 0 Å². The molecule has 1 aromatic heterocycles. The molecule has 150 valence electrons. The number of aldehydes is 1. The first kappa shape index (κ1) is 22.0. The van der Waals surface area contributed by atoms with Gasteiger partial charge in [-0.15, -0.1) is 0 Å². The van der Waals surface area contributed by atoms with Gasteiger partial charge in [-0.3, -0.25) is 0 Å². The molecule has 1 heterocycles. The lowest BCUT2D eigenvalue weighted by Gasteiger charge is -2.08. The van der Waals surface area contributed by atoms with Gasteiger partial charge >= 0.3 is 0 Å². The summed E-state index contributed by atoms with van der Waals surface area (Å²) in [6.07, 6.45) is 1.13. The van der Waals surface area contributed by atoms with Gasteiger partial charge in [-0.1, -0.05) is 29.5 Å². The highest BCUT2D eigenvalue weighted by Crippen LogP contribution is 2.31. The SMILES string of the molecule is CC=O.CNc1nc2ccc(-c3cccc(S(=O)(=O)NCCCO)c3)cc2s1. The minimum Gasteiger partial charge on any atom is -0.396 e. The van der Waals surface area contributed by atoms with Gasteiger partial charge in [-0.2, -0.15) is 0 Å². The Labute approximate surface area is 168 Å². The second kappa shape index (κ2) is 10.3. The van der Waals surface area contributed by atoms with Crippen molar-refractivity contribution < 1.29 is 18.3 Å². The molecule has 0 aliphatic heterocycles. The summed E-state index contributed by atoms with van der Waals surface area (Å²) in [5.74, 6) is 0. The molecular formula is C19H23N3O4S2. The van der Waals surface area contributed by atoms with E-state index in [1.165, 1.54) is 6.92 Å². The van der Waals surface area contributed by atoms with E-state index in [9.17, 15) is 8.42 Å². The van der Waals surface area contributed by atoms with Gasteiger partial charge in [0.1, 0.15) is 6.29 Å². The Morgan fingerprint density at radius 2 is 1.89 bits per heavy atom. The summed E-state index contributed by atoms with van der Waals surface area (Å²) in [6, 6.07) is 12.7. The van der Waals surface area contributed by atoms with Crippen molar-refractivity contribution in [2.45, 2.75) is 18.2 Å². The van der Waals surface area contributed by atoms with Crippen LogP contribution in [0.25, 0.3) is 21.3 Å². The fraction of sp³-hybridized carbons (Fsp3) is 0.263. The number of hydrogen-bond acceptors (Lipinski definition) is 7. The molecular weight excluding hydrogens is 398 g/mol. The van der Waals surface area contributed by atoms with Crippen LogP contribution in [0, 0.1) is 0 Å². The summed E-state index contributed by atoms with van der Waals surface area (Å²) < 4.78 is 28.2. The number of aromatic nitrogens is 1. The zero-order chi connectivity index (χ0) is 20.6. The van der Waals surface area contributed by atoms with Crippen LogP contribution >= 0.6 is 11.3 Å². The second-order valence-corrected chi connectivity index (χ2v) is 8.49. The first-order valence-corrected chi connectivity index (χ1v) is 10.9. The summed E-state index contributed by atoms with van der Waals surface area (Å²) in [5, 5.41) is 12.7. The first-order chi connectivity index (χ1) is 13.4. The Morgan fingerprint density at radius 3 is 2.57 bits per heavy atom. The minimum atomic E-state index is -3.59. The molecule has 2 aromatic carbocycles. The van der Waals surface area contributed by atoms with E-state index in [0.29, 0.717) is 6.42 Å². The largest absolute Gasteiger partial charge is 0.396 e. The van der Waals surface area contributed by atoms with Crippen LogP contribution in [0.4, 0.5) is 5.13 Å². The van der Waals surface area contributed by atoms with E-state index in [4.69, 9.17) is 9.90 Å². The predicted octanol–water partition coefficient (Wildman–Crippen LogP) is 2.87. The van der Waals surface area contributed by atoms with Crippen LogP contribution in [0.3, 0.4) is 0 Å². The van der Waals surface area contributed by atoms with Crippen LogP contribution in [-0.2, 0) is 14.8 Å². The number of fused-ring (bicyclic) bond motifs is 1. The molecule has 3 aromatic rings. The van der Waals surface area contributed by atoms with Gasteiger partial charge in [-0.25, -0.2) is 18.1 Å². The molecule has 3 N–H and O–H groups in total. The van der Waals surface area contributed by atoms with Crippen LogP contribution in [0.5, 0.6) is 0 Å². The Kier molecular flexibility index (Phi) is 8.06. The standard InChI is InChI=1S/C17H19N3O3S2.C2H4O/c1-18-17-20-15-7-6-13(11-16(15)24-17)12-4-2-5-14(10-12)25(22,23)19-8-3-9-21;1-2-3/h2,4-7,10-11,19,21H,3,8-9H2,1H3,(H,18,20);2H,1H3. The molecule has 3 rings (SSSR count). The van der Waals surface area contributed by atoms with Crippen LogP contribution in [0.1, 0.15) is 13.3 Å². The summed E-state index contributed by atoms with van der Waals surface area (Å²) in [4.78, 5) is 13.5. The zero-order valence-corrected chi connectivity index (χ0v) is 17.3. The molecule has 0 fully saturated rings. The molecule has 0 saturated carbocycles. The lowest BCUT2D eigenvalue weighted by Crippen LogP contribution is -2.25. The van der Waals surface area contributed by atoms with E-state index in [2.05, 4.69) is 15.0 Å². The third-order valence-electron chi connectivity index (χ3n) is 3.71. The number of rotatable bonds is 7. The van der Waals surface area contributed by atoms with Crippen molar-refractivity contribution in [3.05, 3.63) is 42.5 Å². The predicted molar refractivity (Wildman–Crippen MR) is 113 cm³/mol. The molecule has 0 atom stereocenters. The molecule has 0 unspecified atom stereocenters. The maximum atomic E-state index is 12.3. The number of thiazole rings is 1. The highest BCUT2D eigenvalue weighted by atomic mass is 32.2. The number of benzene rings is 2. The van der Waals surface area contributed by atoms with Crippen molar-refractivity contribution in [3.8, 4) is 11.1 Å². The van der Waals surface area contributed by atoms with Crippen molar-refractivity contribution in [3.63, 3.8) is 0 Å². The number of aliphatic hydroxyl groups excluding tert-OH is 1. The van der Waals surface area contributed by atoms with Crippen molar-refractivity contribution in [2.75, 3.05) is 25.5 Å². The number of nitrogens with one attached hydrogen (secondary N) is 2. The highest BCUT2D eigenvalue weighted by molar-refractivity contribution is 7.89. The van der Waals surface area contributed by atoms with Gasteiger partial charge in [0.05, 0.1) is 15.1 Å². The summed E-state index contributed by atoms with van der Waals surface area (Å²) in [7, 11) is -1.76. The summed E-state index contributed by atoms with van der Waals surface area (Å²) in [6.45, 7) is 1.61. The van der Waals surface area contributed by atoms with E-state index in [0.717, 1.165) is 32.8 Å². The molecule has 0 amide bonds. The number of carbonyl (C=O) groups is 1. The molecule has 28 heavy (non-hydrogen) atoms. The minimum absolute atomic E-state index is 0.0496. The number of anilines is 1. The quantitative estimate of drug-likeness (QED) is 0.400. The van der Waals surface area contributed by atoms with Crippen LogP contribution < -0.4 is 10.0 Å². The molecule has 0 bridgehead atoms. The first-order valence-electron chi connectivity index (χ1n) is 8.64. The Balaban J connectivity index is 0.000000878. The molecule has 0 spiro atoms. The maximum absolute atomic E-state index is 12.3. The van der Waals surface area contributed by atoms with Gasteiger partial charge in [0.2, 0.25) is 10.0 Å². The van der Waals surface area contributed by atoms with Gasteiger partial charge in [0, 0.05) is 20.2 Å². The number of sulfonamides is 1. The highest BCUT2D eigenvalue weighted by Gasteiger charge is 2.14. The van der Waals surface area contributed by atoms with Crippen molar-refractivity contribution in [2.24, 2.45) is 0 Å². The van der Waals surface area contributed by atoms with Crippen molar-refractivity contribution in [1.82, 2.24) is 9.71 Å². The maximum Gasteiger partial charge on any atom is 0.240 e. The van der Waals surface area contributed by atoms with Gasteiger partial charge in [0.15, 0.2) is 5.13 Å². The number of hydrogen-bond donors (Lipinski definition) is 3. The third-order valence-corrected chi connectivity index (χ3v) is 6.20. The van der Waals surface area contributed by atoms with E-state index < -0.39 is 10.0 Å². The fourth-order valence-electron chi connectivity index (χ4n) is 2.42. The molecule has 7 nitrogen and oxygen atoms in total. The Bertz CT molecular complexity index is 1030. The number of aliphatic hydroxyl groups is 1. The van der Waals surface area contributed by atoms with Crippen LogP contribution in [0.2, 0.25) is 0 Å². The van der Waals surface area contributed by atoms with E-state index in [-0.39, 0.29) is 18.0 Å². The molecule has 0 radical (unpaired) electrons. The third kappa shape index (κ3) is 5.59. The smallest absolute Gasteiger partial charge is 0.240 e. The normalized spacial score (nSPS) is 11.0. The van der Waals surface area contributed by atoms with Crippen molar-refractivity contribution >= 4 is 43.0 Å². The van der Waals surface area contributed by atoms with Crippen LogP contribution in [-0.4, -0.2) is 45.0 Å². The number of carbonyl (C=O) groups excluding carboxylic acids is 1. The van der Waals surface area contributed by atoms with Gasteiger partial charge in [-0.05, 0) is 48.7 Å². The Hall–Kier alpha value is -2.33. The summed E-state index contributed by atoms with van der Waals surface area (Å²) >= 11 is 1.55. The Morgan fingerprint density at radius 1 is 1.18 bits per heavy atom. The van der Waals surface area contributed by atoms with Crippen molar-refractivity contribution in [1.29, 1.82) is 0 Å². The summed E-state index contributed by atoms with van der Waals surface area (Å²) in [5.41, 5.74) is 2.67. The molecule has 0 aliphatic carbocycles. The van der Waals surface area contributed by atoms with E-state index >= 15 is 0 Å². The molecule has 9 heteroatoms. The van der Waals surface area contributed by atoms with Gasteiger partial charge < -0.3 is 15.2 Å². The second-order valence-electron chi connectivity index (χ2n) is 5.69. The fourth-order valence-corrected chi connectivity index (χ4v) is 4.40. The lowest BCUT2D eigenvalue weighted by molar-refractivity contribution is -0.106. The topological polar surface area (TPSA) is 108 Å².